The maximum absolute atomic E-state index is 14.1. The molecule has 0 fully saturated rings. The fourth-order valence-corrected chi connectivity index (χ4v) is 2.87. The summed E-state index contributed by atoms with van der Waals surface area (Å²) < 4.78 is 29.0. The molecule has 0 radical (unpaired) electrons. The van der Waals surface area contributed by atoms with Crippen LogP contribution in [-0.2, 0) is 16.9 Å². The summed E-state index contributed by atoms with van der Waals surface area (Å²) in [5, 5.41) is 9.04. The zero-order valence-corrected chi connectivity index (χ0v) is 13.4. The van der Waals surface area contributed by atoms with E-state index in [-0.39, 0.29) is 12.4 Å². The van der Waals surface area contributed by atoms with Gasteiger partial charge < -0.3 is 9.66 Å². The lowest BCUT2D eigenvalue weighted by Crippen LogP contribution is -2.50. The molecule has 3 nitrogen and oxygen atoms in total. The number of hydrogen-bond acceptors (Lipinski definition) is 3. The van der Waals surface area contributed by atoms with Crippen LogP contribution < -0.4 is 4.72 Å². The van der Waals surface area contributed by atoms with E-state index in [0.29, 0.717) is 18.4 Å². The molecule has 2 N–H and O–H groups in total. The van der Waals surface area contributed by atoms with Gasteiger partial charge in [0.15, 0.2) is 0 Å². The summed E-state index contributed by atoms with van der Waals surface area (Å²) in [7, 11) is 0. The molecule has 0 bridgehead atoms. The van der Waals surface area contributed by atoms with E-state index in [1.807, 2.05) is 27.7 Å². The highest BCUT2D eigenvalue weighted by Crippen LogP contribution is 2.31. The van der Waals surface area contributed by atoms with Gasteiger partial charge in [0.1, 0.15) is 10.6 Å². The second kappa shape index (κ2) is 6.89. The highest BCUT2D eigenvalue weighted by Gasteiger charge is 2.38. The second-order valence-electron chi connectivity index (χ2n) is 6.12. The normalized spacial score (nSPS) is 16.8. The van der Waals surface area contributed by atoms with Crippen LogP contribution in [0.2, 0.25) is 0 Å². The third-order valence-electron chi connectivity index (χ3n) is 3.18. The zero-order chi connectivity index (χ0) is 15.4. The van der Waals surface area contributed by atoms with Gasteiger partial charge in [-0.1, -0.05) is 18.2 Å². The summed E-state index contributed by atoms with van der Waals surface area (Å²) >= 11 is -1.32. The molecular weight excluding hydrogens is 277 g/mol. The molecule has 2 atom stereocenters. The molecule has 0 aliphatic carbocycles. The van der Waals surface area contributed by atoms with Gasteiger partial charge in [-0.25, -0.2) is 4.39 Å². The van der Waals surface area contributed by atoms with E-state index in [1.54, 1.807) is 18.2 Å². The molecule has 0 aromatic heterocycles. The van der Waals surface area contributed by atoms with Crippen LogP contribution in [0.15, 0.2) is 24.3 Å². The summed E-state index contributed by atoms with van der Waals surface area (Å²) in [6.45, 7) is 7.44. The number of aliphatic hydroxyl groups is 1. The van der Waals surface area contributed by atoms with Gasteiger partial charge in [0.2, 0.25) is 0 Å². The van der Waals surface area contributed by atoms with Crippen LogP contribution in [0.5, 0.6) is 0 Å². The monoisotopic (exact) mass is 301 g/mol. The van der Waals surface area contributed by atoms with E-state index >= 15 is 0 Å². The van der Waals surface area contributed by atoms with Crippen LogP contribution >= 0.6 is 0 Å². The van der Waals surface area contributed by atoms with Crippen LogP contribution in [0, 0.1) is 5.82 Å². The number of benzene rings is 1. The quantitative estimate of drug-likeness (QED) is 0.794. The fourth-order valence-electron chi connectivity index (χ4n) is 1.94. The summed E-state index contributed by atoms with van der Waals surface area (Å²) in [5.74, 6) is -0.327. The molecule has 1 rings (SSSR count). The van der Waals surface area contributed by atoms with Crippen molar-refractivity contribution in [2.75, 3.05) is 6.61 Å². The molecule has 0 heterocycles. The van der Waals surface area contributed by atoms with Crippen molar-refractivity contribution in [1.82, 2.24) is 4.72 Å². The van der Waals surface area contributed by atoms with E-state index in [9.17, 15) is 8.94 Å². The lowest BCUT2D eigenvalue weighted by atomic mass is 9.88. The third-order valence-corrected chi connectivity index (χ3v) is 4.93. The van der Waals surface area contributed by atoms with Gasteiger partial charge >= 0.3 is 0 Å². The maximum Gasteiger partial charge on any atom is 0.136 e. The van der Waals surface area contributed by atoms with E-state index in [1.165, 1.54) is 6.07 Å². The molecule has 0 saturated heterocycles. The Morgan fingerprint density at radius 3 is 2.35 bits per heavy atom. The first-order valence-corrected chi connectivity index (χ1v) is 7.91. The Morgan fingerprint density at radius 2 is 1.85 bits per heavy atom. The summed E-state index contributed by atoms with van der Waals surface area (Å²) in [6.07, 6.45) is 1.02. The summed E-state index contributed by atoms with van der Waals surface area (Å²) in [5.41, 5.74) is -0.294. The maximum atomic E-state index is 14.1. The molecule has 0 saturated carbocycles. The topological polar surface area (TPSA) is 55.3 Å². The van der Waals surface area contributed by atoms with Crippen LogP contribution in [0.1, 0.15) is 46.1 Å². The highest BCUT2D eigenvalue weighted by atomic mass is 32.2. The molecular formula is C15H24FNO2S. The van der Waals surface area contributed by atoms with Crippen molar-refractivity contribution in [3.8, 4) is 0 Å². The van der Waals surface area contributed by atoms with Gasteiger partial charge in [-0.05, 0) is 46.6 Å². The van der Waals surface area contributed by atoms with Crippen LogP contribution in [0.3, 0.4) is 0 Å². The molecule has 1 aromatic rings. The van der Waals surface area contributed by atoms with Crippen molar-refractivity contribution in [2.24, 2.45) is 0 Å². The molecule has 0 spiro atoms. The molecule has 20 heavy (non-hydrogen) atoms. The van der Waals surface area contributed by atoms with E-state index in [2.05, 4.69) is 4.72 Å². The Kier molecular flexibility index (Phi) is 6.01. The molecule has 1 unspecified atom stereocenters. The Hall–Kier alpha value is -0.620. The Labute approximate surface area is 123 Å². The second-order valence-corrected chi connectivity index (χ2v) is 8.09. The summed E-state index contributed by atoms with van der Waals surface area (Å²) in [6, 6.07) is 6.48. The standard InChI is InChI=1S/C15H24FNO2S/c1-14(2,3)20(19)17-15(4,10-7-11-18)12-8-5-6-9-13(12)16/h5-6,8-9,17-18H,7,10-11H2,1-4H3/t15-,20?/m0/s1. The number of nitrogens with one attached hydrogen (secondary N) is 1. The molecule has 0 aliphatic rings. The predicted molar refractivity (Wildman–Crippen MR) is 81.1 cm³/mol. The smallest absolute Gasteiger partial charge is 0.136 e. The Balaban J connectivity index is 3.07. The largest absolute Gasteiger partial charge is 0.598 e. The zero-order valence-electron chi connectivity index (χ0n) is 12.6. The SMILES string of the molecule is CC(C)(C)[S+]([O-])N[C@@](C)(CCCO)c1ccccc1F. The number of rotatable bonds is 6. The first-order valence-electron chi connectivity index (χ1n) is 6.76. The van der Waals surface area contributed by atoms with E-state index in [0.717, 1.165) is 0 Å². The molecule has 1 aromatic carbocycles. The lowest BCUT2D eigenvalue weighted by molar-refractivity contribution is 0.257. The summed E-state index contributed by atoms with van der Waals surface area (Å²) in [4.78, 5) is 0. The molecule has 0 amide bonds. The van der Waals surface area contributed by atoms with Crippen molar-refractivity contribution in [1.29, 1.82) is 0 Å². The van der Waals surface area contributed by atoms with Gasteiger partial charge in [0, 0.05) is 23.5 Å². The minimum absolute atomic E-state index is 0.0217. The average molecular weight is 301 g/mol. The third kappa shape index (κ3) is 4.45. The first kappa shape index (κ1) is 17.4. The van der Waals surface area contributed by atoms with Crippen molar-refractivity contribution in [3.05, 3.63) is 35.6 Å². The number of halogens is 1. The number of aliphatic hydroxyl groups excluding tert-OH is 1. The van der Waals surface area contributed by atoms with Crippen molar-refractivity contribution >= 4 is 11.4 Å². The van der Waals surface area contributed by atoms with Crippen LogP contribution in [0.25, 0.3) is 0 Å². The molecule has 5 heteroatoms. The van der Waals surface area contributed by atoms with Gasteiger partial charge in [0.25, 0.3) is 0 Å². The predicted octanol–water partition coefficient (Wildman–Crippen LogP) is 2.87. The van der Waals surface area contributed by atoms with Gasteiger partial charge in [-0.2, -0.15) is 0 Å². The van der Waals surface area contributed by atoms with Crippen molar-refractivity contribution < 1.29 is 14.0 Å². The Bertz CT molecular complexity index is 436. The van der Waals surface area contributed by atoms with Gasteiger partial charge in [-0.15, -0.1) is 4.72 Å². The highest BCUT2D eigenvalue weighted by molar-refractivity contribution is 7.90. The van der Waals surface area contributed by atoms with E-state index < -0.39 is 21.6 Å². The fraction of sp³-hybridized carbons (Fsp3) is 0.600. The van der Waals surface area contributed by atoms with Crippen LogP contribution in [-0.4, -0.2) is 21.0 Å². The molecule has 0 aliphatic heterocycles. The Morgan fingerprint density at radius 1 is 1.25 bits per heavy atom. The van der Waals surface area contributed by atoms with E-state index in [4.69, 9.17) is 5.11 Å². The van der Waals surface area contributed by atoms with Crippen LogP contribution in [0.4, 0.5) is 4.39 Å². The first-order chi connectivity index (χ1) is 9.20. The lowest BCUT2D eigenvalue weighted by Gasteiger charge is -2.35. The van der Waals surface area contributed by atoms with Crippen molar-refractivity contribution in [3.63, 3.8) is 0 Å². The minimum Gasteiger partial charge on any atom is -0.598 e. The minimum atomic E-state index is -1.32. The van der Waals surface area contributed by atoms with Gasteiger partial charge in [0.05, 0.1) is 5.54 Å². The van der Waals surface area contributed by atoms with Crippen molar-refractivity contribution in [2.45, 2.75) is 50.8 Å². The van der Waals surface area contributed by atoms with Gasteiger partial charge in [-0.3, -0.25) is 0 Å². The molecule has 114 valence electrons. The number of hydrogen-bond donors (Lipinski definition) is 2. The average Bonchev–Trinajstić information content (AvgIpc) is 2.35.